The van der Waals surface area contributed by atoms with Crippen LogP contribution in [0.1, 0.15) is 81.5 Å². The number of hydrogen-bond donors (Lipinski definition) is 1. The maximum absolute atomic E-state index is 11.1. The molecule has 0 atom stereocenters. The zero-order chi connectivity index (χ0) is 15.3. The second-order valence-corrected chi connectivity index (χ2v) is 5.88. The maximum atomic E-state index is 11.1. The average Bonchev–Trinajstić information content (AvgIpc) is 2.49. The van der Waals surface area contributed by atoms with Crippen LogP contribution in [0.25, 0.3) is 0 Å². The number of nitrogens with zero attached hydrogens (tertiary/aromatic N) is 1. The van der Waals surface area contributed by atoms with Crippen LogP contribution < -0.4 is 34.3 Å². The number of aromatic nitrogens is 1. The normalized spacial score (nSPS) is 10.2. The lowest BCUT2D eigenvalue weighted by atomic mass is 10.1. The zero-order valence-corrected chi connectivity index (χ0v) is 16.1. The molecule has 2 N–H and O–H groups in total. The Hall–Kier alpha value is -0.650. The molecule has 0 aliphatic heterocycles. The average molecular weight is 418 g/mol. The summed E-state index contributed by atoms with van der Waals surface area (Å²) in [4.78, 5) is 11.1. The van der Waals surface area contributed by atoms with Gasteiger partial charge >= 0.3 is 0 Å². The van der Waals surface area contributed by atoms with Crippen LogP contribution in [0.15, 0.2) is 24.5 Å². The third kappa shape index (κ3) is 10.1. The van der Waals surface area contributed by atoms with Crippen molar-refractivity contribution in [3.8, 4) is 0 Å². The van der Waals surface area contributed by atoms with E-state index in [1.165, 1.54) is 64.2 Å². The van der Waals surface area contributed by atoms with Crippen molar-refractivity contribution in [1.29, 1.82) is 0 Å². The van der Waals surface area contributed by atoms with Crippen LogP contribution >= 0.6 is 0 Å². The molecule has 1 aromatic rings. The predicted molar refractivity (Wildman–Crippen MR) is 87.0 cm³/mol. The minimum atomic E-state index is -0.354. The quantitative estimate of drug-likeness (QED) is 0.307. The molecule has 4 heteroatoms. The molecule has 1 amide bonds. The number of carbonyl (C=O) groups is 1. The number of nitrogens with two attached hydrogens (primary N) is 1. The van der Waals surface area contributed by atoms with Crippen LogP contribution in [0, 0.1) is 0 Å². The lowest BCUT2D eigenvalue weighted by Crippen LogP contribution is -3.00. The SMILES string of the molecule is CCCCCCCCCCCC[n+]1cccc(C(N)=O)c1.[I-]. The number of pyridine rings is 1. The summed E-state index contributed by atoms with van der Waals surface area (Å²) in [7, 11) is 0. The molecule has 0 unspecified atom stereocenters. The fourth-order valence-electron chi connectivity index (χ4n) is 2.59. The first-order valence-electron chi connectivity index (χ1n) is 8.53. The van der Waals surface area contributed by atoms with Gasteiger partial charge in [-0.2, -0.15) is 0 Å². The summed E-state index contributed by atoms with van der Waals surface area (Å²) >= 11 is 0. The standard InChI is InChI=1S/C18H30N2O.HI/c1-2-3-4-5-6-7-8-9-10-11-14-20-15-12-13-17(16-20)18(19)21;/h12-13,15-16H,2-11,14H2,1H3,(H-,19,21);1H. The molecule has 22 heavy (non-hydrogen) atoms. The zero-order valence-electron chi connectivity index (χ0n) is 13.9. The third-order valence-electron chi connectivity index (χ3n) is 3.91. The molecule has 0 spiro atoms. The van der Waals surface area contributed by atoms with E-state index in [1.54, 1.807) is 6.07 Å². The Labute approximate surface area is 152 Å². The first-order valence-corrected chi connectivity index (χ1v) is 8.53. The Morgan fingerprint density at radius 2 is 1.55 bits per heavy atom. The molecule has 0 fully saturated rings. The van der Waals surface area contributed by atoms with Crippen LogP contribution in [0.2, 0.25) is 0 Å². The number of primary amides is 1. The highest BCUT2D eigenvalue weighted by Gasteiger charge is 2.06. The highest BCUT2D eigenvalue weighted by Crippen LogP contribution is 2.10. The molecule has 126 valence electrons. The van der Waals surface area contributed by atoms with Crippen molar-refractivity contribution in [2.45, 2.75) is 77.7 Å². The number of carbonyl (C=O) groups excluding carboxylic acids is 1. The van der Waals surface area contributed by atoms with E-state index in [9.17, 15) is 4.79 Å². The maximum Gasteiger partial charge on any atom is 0.254 e. The fourth-order valence-corrected chi connectivity index (χ4v) is 2.59. The van der Waals surface area contributed by atoms with Crippen LogP contribution in [0.3, 0.4) is 0 Å². The number of hydrogen-bond acceptors (Lipinski definition) is 1. The summed E-state index contributed by atoms with van der Waals surface area (Å²) in [5, 5.41) is 0. The second-order valence-electron chi connectivity index (χ2n) is 5.88. The number of unbranched alkanes of at least 4 members (excludes halogenated alkanes) is 9. The highest BCUT2D eigenvalue weighted by molar-refractivity contribution is 5.92. The number of rotatable bonds is 12. The molecule has 0 saturated heterocycles. The highest BCUT2D eigenvalue weighted by atomic mass is 127. The Bertz CT molecular complexity index is 410. The number of amides is 1. The van der Waals surface area contributed by atoms with Crippen molar-refractivity contribution in [2.75, 3.05) is 0 Å². The van der Waals surface area contributed by atoms with Crippen molar-refractivity contribution >= 4 is 5.91 Å². The van der Waals surface area contributed by atoms with E-state index in [-0.39, 0.29) is 29.9 Å². The van der Waals surface area contributed by atoms with Gasteiger partial charge in [-0.1, -0.05) is 58.3 Å². The molecule has 0 bridgehead atoms. The van der Waals surface area contributed by atoms with Gasteiger partial charge in [0, 0.05) is 12.5 Å². The largest absolute Gasteiger partial charge is 1.00 e. The smallest absolute Gasteiger partial charge is 0.254 e. The first-order chi connectivity index (χ1) is 10.2. The van der Waals surface area contributed by atoms with Crippen molar-refractivity contribution in [1.82, 2.24) is 0 Å². The number of halogens is 1. The van der Waals surface area contributed by atoms with Gasteiger partial charge in [0.2, 0.25) is 0 Å². The Kier molecular flexibility index (Phi) is 13.6. The molecule has 0 radical (unpaired) electrons. The van der Waals surface area contributed by atoms with Crippen LogP contribution in [0.5, 0.6) is 0 Å². The van der Waals surface area contributed by atoms with Crippen LogP contribution in [-0.4, -0.2) is 5.91 Å². The Morgan fingerprint density at radius 1 is 1.00 bits per heavy atom. The molecule has 0 saturated carbocycles. The van der Waals surface area contributed by atoms with Gasteiger partial charge in [0.25, 0.3) is 5.91 Å². The molecule has 0 aliphatic carbocycles. The van der Waals surface area contributed by atoms with Crippen LogP contribution in [0.4, 0.5) is 0 Å². The van der Waals surface area contributed by atoms with Crippen molar-refractivity contribution in [2.24, 2.45) is 5.73 Å². The molecule has 0 aromatic carbocycles. The van der Waals surface area contributed by atoms with Crippen molar-refractivity contribution < 1.29 is 33.3 Å². The molecular weight excluding hydrogens is 387 g/mol. The van der Waals surface area contributed by atoms with E-state index in [0.717, 1.165) is 6.54 Å². The monoisotopic (exact) mass is 418 g/mol. The molecule has 3 nitrogen and oxygen atoms in total. The van der Waals surface area contributed by atoms with Gasteiger partial charge in [0.1, 0.15) is 12.1 Å². The molecule has 0 aliphatic rings. The lowest BCUT2D eigenvalue weighted by molar-refractivity contribution is -0.697. The van der Waals surface area contributed by atoms with Gasteiger partial charge in [0.15, 0.2) is 12.4 Å². The van der Waals surface area contributed by atoms with E-state index >= 15 is 0 Å². The first kappa shape index (κ1) is 21.4. The molecular formula is C18H31IN2O. The van der Waals surface area contributed by atoms with E-state index in [0.29, 0.717) is 5.56 Å². The lowest BCUT2D eigenvalue weighted by Gasteiger charge is -2.01. The number of aryl methyl sites for hydroxylation is 1. The Morgan fingerprint density at radius 3 is 2.09 bits per heavy atom. The molecule has 1 aromatic heterocycles. The van der Waals surface area contributed by atoms with E-state index in [4.69, 9.17) is 5.73 Å². The molecule has 1 heterocycles. The topological polar surface area (TPSA) is 47.0 Å². The Balaban J connectivity index is 0.00000441. The van der Waals surface area contributed by atoms with Crippen LogP contribution in [-0.2, 0) is 6.54 Å². The predicted octanol–water partition coefficient (Wildman–Crippen LogP) is 0.998. The second kappa shape index (κ2) is 14.0. The minimum absolute atomic E-state index is 0. The summed E-state index contributed by atoms with van der Waals surface area (Å²) in [6.45, 7) is 3.23. The van der Waals surface area contributed by atoms with Gasteiger partial charge in [-0.05, 0) is 12.5 Å². The minimum Gasteiger partial charge on any atom is -1.00 e. The van der Waals surface area contributed by atoms with Gasteiger partial charge in [-0.3, -0.25) is 4.79 Å². The van der Waals surface area contributed by atoms with Gasteiger partial charge in [-0.25, -0.2) is 4.57 Å². The van der Waals surface area contributed by atoms with Gasteiger partial charge < -0.3 is 29.7 Å². The third-order valence-corrected chi connectivity index (χ3v) is 3.91. The van der Waals surface area contributed by atoms with E-state index in [1.807, 2.05) is 18.5 Å². The van der Waals surface area contributed by atoms with Crippen molar-refractivity contribution in [3.63, 3.8) is 0 Å². The summed E-state index contributed by atoms with van der Waals surface area (Å²) in [5.41, 5.74) is 5.87. The van der Waals surface area contributed by atoms with Gasteiger partial charge in [0.05, 0.1) is 0 Å². The van der Waals surface area contributed by atoms with E-state index < -0.39 is 0 Å². The molecule has 1 rings (SSSR count). The summed E-state index contributed by atoms with van der Waals surface area (Å²) < 4.78 is 2.06. The van der Waals surface area contributed by atoms with E-state index in [2.05, 4.69) is 11.5 Å². The summed E-state index contributed by atoms with van der Waals surface area (Å²) in [6.07, 6.45) is 17.3. The van der Waals surface area contributed by atoms with Crippen molar-refractivity contribution in [3.05, 3.63) is 30.1 Å². The summed E-state index contributed by atoms with van der Waals surface area (Å²) in [6, 6.07) is 3.65. The fraction of sp³-hybridized carbons (Fsp3) is 0.667. The van der Waals surface area contributed by atoms with Gasteiger partial charge in [-0.15, -0.1) is 0 Å². The summed E-state index contributed by atoms with van der Waals surface area (Å²) in [5.74, 6) is -0.354.